The van der Waals surface area contributed by atoms with Gasteiger partial charge in [0, 0.05) is 37.6 Å². The van der Waals surface area contributed by atoms with Crippen LogP contribution in [0.2, 0.25) is 0 Å². The van der Waals surface area contributed by atoms with Gasteiger partial charge in [-0.25, -0.2) is 14.8 Å². The van der Waals surface area contributed by atoms with Gasteiger partial charge in [0.15, 0.2) is 17.0 Å². The predicted octanol–water partition coefficient (Wildman–Crippen LogP) is 0.312. The molecule has 1 atom stereocenters. The molecular weight excluding hydrogens is 566 g/mol. The zero-order valence-corrected chi connectivity index (χ0v) is 24.9. The first-order chi connectivity index (χ1) is 21.4. The third kappa shape index (κ3) is 5.51. The van der Waals surface area contributed by atoms with Crippen LogP contribution in [0.1, 0.15) is 25.6 Å². The van der Waals surface area contributed by atoms with Crippen molar-refractivity contribution in [1.82, 2.24) is 28.7 Å². The molecule has 0 aliphatic carbocycles. The number of ether oxygens (including phenoxy) is 2. The number of nitrogens with two attached hydrogens (primary N) is 1. The maximum atomic E-state index is 14.3. The number of anilines is 2. The summed E-state index contributed by atoms with van der Waals surface area (Å²) < 4.78 is 14.4. The van der Waals surface area contributed by atoms with Gasteiger partial charge in [-0.2, -0.15) is 4.98 Å². The average molecular weight is 602 g/mol. The van der Waals surface area contributed by atoms with Gasteiger partial charge in [0.05, 0.1) is 38.9 Å². The second kappa shape index (κ2) is 12.5. The number of hydrogen-bond donors (Lipinski definition) is 1. The van der Waals surface area contributed by atoms with Gasteiger partial charge < -0.3 is 25.0 Å². The topological polar surface area (TPSA) is 156 Å². The van der Waals surface area contributed by atoms with Crippen LogP contribution in [0.3, 0.4) is 0 Å². The first kappa shape index (κ1) is 29.3. The minimum absolute atomic E-state index is 0.0612. The van der Waals surface area contributed by atoms with Crippen molar-refractivity contribution in [2.24, 2.45) is 5.73 Å². The number of benzene rings is 1. The first-order valence-electron chi connectivity index (χ1n) is 14.7. The fourth-order valence-electron chi connectivity index (χ4n) is 5.83. The molecular formula is C30H35N9O5. The average Bonchev–Trinajstić information content (AvgIpc) is 3.43. The molecule has 2 saturated heterocycles. The lowest BCUT2D eigenvalue weighted by Crippen LogP contribution is -2.44. The van der Waals surface area contributed by atoms with Crippen molar-refractivity contribution in [2.45, 2.75) is 45.4 Å². The third-order valence-corrected chi connectivity index (χ3v) is 8.00. The highest BCUT2D eigenvalue weighted by molar-refractivity contribution is 5.89. The summed E-state index contributed by atoms with van der Waals surface area (Å²) in [5, 5.41) is 0.865. The van der Waals surface area contributed by atoms with Crippen LogP contribution in [-0.2, 0) is 33.9 Å². The highest BCUT2D eigenvalue weighted by Gasteiger charge is 2.28. The molecule has 2 aliphatic rings. The van der Waals surface area contributed by atoms with Crippen molar-refractivity contribution in [2.75, 3.05) is 56.3 Å². The van der Waals surface area contributed by atoms with Gasteiger partial charge in [-0.15, -0.1) is 5.92 Å². The van der Waals surface area contributed by atoms with Gasteiger partial charge in [0.2, 0.25) is 5.95 Å². The molecule has 3 aromatic heterocycles. The SMILES string of the molecule is CC#CCn1c(N2CCCC(N)C2)nc2c1c(=O)n(Cc1nc(N3CCOCC3)c3ccccc3n1)c(=O)n2CC(=O)OC. The van der Waals surface area contributed by atoms with Gasteiger partial charge in [0.1, 0.15) is 12.4 Å². The monoisotopic (exact) mass is 601 g/mol. The van der Waals surface area contributed by atoms with Crippen LogP contribution < -0.4 is 26.8 Å². The molecule has 2 N–H and O–H groups in total. The molecule has 2 fully saturated rings. The molecule has 2 aliphatic heterocycles. The summed E-state index contributed by atoms with van der Waals surface area (Å²) in [7, 11) is 1.24. The zero-order chi connectivity index (χ0) is 30.8. The fraction of sp³-hybridized carbons (Fsp3) is 0.467. The largest absolute Gasteiger partial charge is 0.468 e. The molecule has 14 heteroatoms. The van der Waals surface area contributed by atoms with Gasteiger partial charge in [-0.3, -0.25) is 23.3 Å². The summed E-state index contributed by atoms with van der Waals surface area (Å²) in [6, 6.07) is 7.57. The molecule has 14 nitrogen and oxygen atoms in total. The Labute approximate surface area is 253 Å². The molecule has 0 spiro atoms. The first-order valence-corrected chi connectivity index (χ1v) is 14.7. The van der Waals surface area contributed by atoms with Crippen molar-refractivity contribution in [3.05, 3.63) is 50.9 Å². The molecule has 44 heavy (non-hydrogen) atoms. The number of morpholine rings is 1. The van der Waals surface area contributed by atoms with E-state index in [2.05, 4.69) is 16.7 Å². The summed E-state index contributed by atoms with van der Waals surface area (Å²) in [5.74, 6) is 6.73. The van der Waals surface area contributed by atoms with Crippen LogP contribution in [0.4, 0.5) is 11.8 Å². The highest BCUT2D eigenvalue weighted by atomic mass is 16.5. The second-order valence-electron chi connectivity index (χ2n) is 10.9. The second-order valence-corrected chi connectivity index (χ2v) is 10.9. The van der Waals surface area contributed by atoms with E-state index in [0.29, 0.717) is 56.7 Å². The van der Waals surface area contributed by atoms with Crippen molar-refractivity contribution in [3.8, 4) is 11.8 Å². The highest BCUT2D eigenvalue weighted by Crippen LogP contribution is 2.26. The molecule has 230 valence electrons. The maximum Gasteiger partial charge on any atom is 0.333 e. The van der Waals surface area contributed by atoms with E-state index in [-0.39, 0.29) is 36.1 Å². The molecule has 6 rings (SSSR count). The summed E-state index contributed by atoms with van der Waals surface area (Å²) in [6.07, 6.45) is 1.73. The number of fused-ring (bicyclic) bond motifs is 2. The predicted molar refractivity (Wildman–Crippen MR) is 165 cm³/mol. The summed E-state index contributed by atoms with van der Waals surface area (Å²) in [5.41, 5.74) is 5.91. The minimum atomic E-state index is -0.717. The number of nitrogens with zero attached hydrogens (tertiary/aromatic N) is 8. The Morgan fingerprint density at radius 2 is 1.86 bits per heavy atom. The summed E-state index contributed by atoms with van der Waals surface area (Å²) in [6.45, 7) is 4.88. The van der Waals surface area contributed by atoms with Crippen LogP contribution in [0, 0.1) is 11.8 Å². The van der Waals surface area contributed by atoms with E-state index in [4.69, 9.17) is 30.2 Å². The Hall–Kier alpha value is -4.74. The van der Waals surface area contributed by atoms with E-state index in [1.807, 2.05) is 29.2 Å². The van der Waals surface area contributed by atoms with E-state index in [9.17, 15) is 14.4 Å². The maximum absolute atomic E-state index is 14.3. The van der Waals surface area contributed by atoms with Gasteiger partial charge in [0.25, 0.3) is 5.56 Å². The van der Waals surface area contributed by atoms with E-state index < -0.39 is 23.8 Å². The van der Waals surface area contributed by atoms with Crippen LogP contribution in [-0.4, -0.2) is 87.2 Å². The minimum Gasteiger partial charge on any atom is -0.468 e. The van der Waals surface area contributed by atoms with Crippen LogP contribution in [0.15, 0.2) is 33.9 Å². The summed E-state index contributed by atoms with van der Waals surface area (Å²) in [4.78, 5) is 59.2. The van der Waals surface area contributed by atoms with Gasteiger partial charge in [-0.05, 0) is 31.9 Å². The summed E-state index contributed by atoms with van der Waals surface area (Å²) >= 11 is 0. The zero-order valence-electron chi connectivity index (χ0n) is 24.9. The van der Waals surface area contributed by atoms with Crippen LogP contribution in [0.5, 0.6) is 0 Å². The van der Waals surface area contributed by atoms with E-state index >= 15 is 0 Å². The van der Waals surface area contributed by atoms with E-state index in [1.165, 1.54) is 11.7 Å². The molecule has 0 saturated carbocycles. The lowest BCUT2D eigenvalue weighted by Gasteiger charge is -2.31. The van der Waals surface area contributed by atoms with E-state index in [1.54, 1.807) is 11.5 Å². The molecule has 0 bridgehead atoms. The Morgan fingerprint density at radius 3 is 2.61 bits per heavy atom. The normalized spacial score (nSPS) is 17.1. The van der Waals surface area contributed by atoms with Crippen molar-refractivity contribution in [3.63, 3.8) is 0 Å². The number of para-hydroxylation sites is 1. The molecule has 1 aromatic carbocycles. The van der Waals surface area contributed by atoms with Crippen molar-refractivity contribution < 1.29 is 14.3 Å². The molecule has 0 amide bonds. The molecule has 1 unspecified atom stereocenters. The van der Waals surface area contributed by atoms with Crippen LogP contribution in [0.25, 0.3) is 22.1 Å². The Bertz CT molecular complexity index is 1890. The molecule has 4 aromatic rings. The quantitative estimate of drug-likeness (QED) is 0.230. The number of imidazole rings is 1. The smallest absolute Gasteiger partial charge is 0.333 e. The van der Waals surface area contributed by atoms with Gasteiger partial charge in [-0.1, -0.05) is 18.1 Å². The Morgan fingerprint density at radius 1 is 1.07 bits per heavy atom. The number of rotatable bonds is 7. The van der Waals surface area contributed by atoms with E-state index in [0.717, 1.165) is 22.8 Å². The number of carbonyl (C=O) groups excluding carboxylic acids is 1. The molecule has 5 heterocycles. The standard InChI is InChI=1S/C30H35N9O5/c1-3-4-12-37-25-27(34-29(37)36-11-7-8-20(31)17-36)38(19-24(40)43-2)30(42)39(28(25)41)18-23-32-22-10-6-5-9-21(22)26(33-23)35-13-15-44-16-14-35/h5-6,9-10,20H,7-8,11-19,31H2,1-2H3. The number of piperidine rings is 1. The lowest BCUT2D eigenvalue weighted by molar-refractivity contribution is -0.141. The van der Waals surface area contributed by atoms with Crippen molar-refractivity contribution in [1.29, 1.82) is 0 Å². The Balaban J connectivity index is 1.55. The number of carbonyl (C=O) groups is 1. The third-order valence-electron chi connectivity index (χ3n) is 8.00. The lowest BCUT2D eigenvalue weighted by atomic mass is 10.1. The fourth-order valence-corrected chi connectivity index (χ4v) is 5.83. The van der Waals surface area contributed by atoms with Crippen LogP contribution >= 0.6 is 0 Å². The number of esters is 1. The number of aromatic nitrogens is 6. The van der Waals surface area contributed by atoms with Gasteiger partial charge >= 0.3 is 11.7 Å². The molecule has 0 radical (unpaired) electrons. The number of hydrogen-bond acceptors (Lipinski definition) is 11. The Kier molecular flexibility index (Phi) is 8.32. The van der Waals surface area contributed by atoms with Crippen molar-refractivity contribution >= 4 is 39.8 Å². The number of methoxy groups -OCH3 is 1.